The zero-order valence-corrected chi connectivity index (χ0v) is 19.7. The van der Waals surface area contributed by atoms with Crippen LogP contribution in [0.3, 0.4) is 0 Å². The van der Waals surface area contributed by atoms with Gasteiger partial charge in [-0.2, -0.15) is 0 Å². The molecule has 0 unspecified atom stereocenters. The summed E-state index contributed by atoms with van der Waals surface area (Å²) < 4.78 is 20.4. The van der Waals surface area contributed by atoms with E-state index in [0.29, 0.717) is 23.9 Å². The molecule has 33 heavy (non-hydrogen) atoms. The average molecular weight is 500 g/mol. The maximum Gasteiger partial charge on any atom is 0.230 e. The molecule has 0 aliphatic heterocycles. The van der Waals surface area contributed by atoms with Crippen molar-refractivity contribution in [2.45, 2.75) is 4.34 Å². The Labute approximate surface area is 203 Å². The number of ether oxygens (including phenoxy) is 1. The first-order valence-electron chi connectivity index (χ1n) is 10.0. The molecule has 0 spiro atoms. The third-order valence-corrected chi connectivity index (χ3v) is 6.83. The molecule has 168 valence electrons. The van der Waals surface area contributed by atoms with Crippen LogP contribution >= 0.6 is 34.7 Å². The van der Waals surface area contributed by atoms with E-state index in [1.165, 1.54) is 35.2 Å². The van der Waals surface area contributed by atoms with Gasteiger partial charge in [-0.3, -0.25) is 9.79 Å². The summed E-state index contributed by atoms with van der Waals surface area (Å²) in [5.41, 5.74) is 2.46. The van der Waals surface area contributed by atoms with Crippen molar-refractivity contribution in [3.8, 4) is 5.75 Å². The predicted octanol–water partition coefficient (Wildman–Crippen LogP) is 6.13. The first-order valence-corrected chi connectivity index (χ1v) is 12.2. The van der Waals surface area contributed by atoms with Crippen LogP contribution in [0.15, 0.2) is 76.1 Å². The molecule has 1 N–H and O–H groups in total. The third-order valence-electron chi connectivity index (χ3n) is 4.42. The molecule has 0 aliphatic carbocycles. The number of carbonyl (C=O) groups excluding carboxylic acids is 1. The Morgan fingerprint density at radius 3 is 2.73 bits per heavy atom. The van der Waals surface area contributed by atoms with Crippen molar-refractivity contribution >= 4 is 62.7 Å². The van der Waals surface area contributed by atoms with Crippen LogP contribution in [0.5, 0.6) is 5.75 Å². The van der Waals surface area contributed by atoms with Gasteiger partial charge in [0.25, 0.3) is 0 Å². The first kappa shape index (κ1) is 23.2. The molecule has 0 saturated carbocycles. The van der Waals surface area contributed by atoms with Gasteiger partial charge >= 0.3 is 0 Å². The summed E-state index contributed by atoms with van der Waals surface area (Å²) in [6.45, 7) is 0.789. The van der Waals surface area contributed by atoms with E-state index in [1.807, 2.05) is 18.2 Å². The fraction of sp³-hybridized carbons (Fsp3) is 0.125. The number of aliphatic imine (C=N–C) groups is 1. The predicted molar refractivity (Wildman–Crippen MR) is 134 cm³/mol. The number of amides is 1. The highest BCUT2D eigenvalue weighted by Crippen LogP contribution is 2.31. The van der Waals surface area contributed by atoms with Gasteiger partial charge in [0.1, 0.15) is 18.2 Å². The molecule has 0 aliphatic rings. The number of fused-ring (bicyclic) bond motifs is 1. The van der Waals surface area contributed by atoms with Gasteiger partial charge in [0.15, 0.2) is 4.34 Å². The zero-order chi connectivity index (χ0) is 23.0. The maximum atomic E-state index is 13.0. The van der Waals surface area contributed by atoms with Crippen molar-refractivity contribution in [2.75, 3.05) is 18.9 Å². The van der Waals surface area contributed by atoms with Crippen LogP contribution in [0.4, 0.5) is 10.1 Å². The van der Waals surface area contributed by atoms with Crippen LogP contribution in [0.1, 0.15) is 5.56 Å². The largest absolute Gasteiger partial charge is 0.492 e. The Morgan fingerprint density at radius 2 is 1.94 bits per heavy atom. The van der Waals surface area contributed by atoms with E-state index < -0.39 is 0 Å². The fourth-order valence-electron chi connectivity index (χ4n) is 2.80. The highest BCUT2D eigenvalue weighted by Gasteiger charge is 2.08. The lowest BCUT2D eigenvalue weighted by atomic mass is 10.2. The Balaban J connectivity index is 1.25. The molecular formula is C24H19ClFN3O2S2. The minimum atomic E-state index is -0.275. The second kappa shape index (κ2) is 11.3. The van der Waals surface area contributed by atoms with Crippen LogP contribution in [-0.4, -0.2) is 36.0 Å². The molecule has 1 amide bonds. The smallest absolute Gasteiger partial charge is 0.230 e. The Hall–Kier alpha value is -2.94. The molecule has 9 heteroatoms. The maximum absolute atomic E-state index is 13.0. The van der Waals surface area contributed by atoms with E-state index in [4.69, 9.17) is 16.3 Å². The quantitative estimate of drug-likeness (QED) is 0.171. The van der Waals surface area contributed by atoms with E-state index in [-0.39, 0.29) is 17.5 Å². The lowest BCUT2D eigenvalue weighted by Crippen LogP contribution is -2.29. The summed E-state index contributed by atoms with van der Waals surface area (Å²) in [4.78, 5) is 21.1. The van der Waals surface area contributed by atoms with Gasteiger partial charge < -0.3 is 10.1 Å². The van der Waals surface area contributed by atoms with Crippen LogP contribution in [-0.2, 0) is 4.79 Å². The minimum Gasteiger partial charge on any atom is -0.492 e. The van der Waals surface area contributed by atoms with Crippen LogP contribution in [0, 0.1) is 5.82 Å². The van der Waals surface area contributed by atoms with Gasteiger partial charge in [0, 0.05) is 11.2 Å². The topological polar surface area (TPSA) is 63.6 Å². The summed E-state index contributed by atoms with van der Waals surface area (Å²) in [7, 11) is 0. The summed E-state index contributed by atoms with van der Waals surface area (Å²) in [6, 6.07) is 19.0. The summed E-state index contributed by atoms with van der Waals surface area (Å²) in [5.74, 6) is 0.627. The lowest BCUT2D eigenvalue weighted by molar-refractivity contribution is -0.118. The summed E-state index contributed by atoms with van der Waals surface area (Å²) in [6.07, 6.45) is 1.69. The molecule has 4 rings (SSSR count). The van der Waals surface area contributed by atoms with Gasteiger partial charge in [-0.15, -0.1) is 11.3 Å². The third kappa shape index (κ3) is 7.02. The number of hydrogen-bond donors (Lipinski definition) is 1. The SMILES string of the molecule is O=C(CSc1nc2ccc(N=Cc3ccc(F)cc3)cc2s1)NCCOc1ccc(Cl)cc1. The van der Waals surface area contributed by atoms with Crippen molar-refractivity contribution in [3.63, 3.8) is 0 Å². The molecule has 0 atom stereocenters. The lowest BCUT2D eigenvalue weighted by Gasteiger charge is -2.07. The van der Waals surface area contributed by atoms with Crippen molar-refractivity contribution in [1.82, 2.24) is 10.3 Å². The number of nitrogens with one attached hydrogen (secondary N) is 1. The highest BCUT2D eigenvalue weighted by atomic mass is 35.5. The van der Waals surface area contributed by atoms with Crippen molar-refractivity contribution in [2.24, 2.45) is 4.99 Å². The van der Waals surface area contributed by atoms with E-state index in [0.717, 1.165) is 25.8 Å². The standard InChI is InChI=1S/C24H19ClFN3O2S2/c25-17-3-8-20(9-4-17)31-12-11-27-23(30)15-32-24-29-21-10-7-19(13-22(21)33-24)28-14-16-1-5-18(26)6-2-16/h1-10,13-14H,11-12,15H2,(H,27,30). The second-order valence-electron chi connectivity index (χ2n) is 6.88. The number of thioether (sulfide) groups is 1. The number of rotatable bonds is 9. The van der Waals surface area contributed by atoms with Crippen LogP contribution in [0.2, 0.25) is 5.02 Å². The zero-order valence-electron chi connectivity index (χ0n) is 17.3. The van der Waals surface area contributed by atoms with Gasteiger partial charge in [0.2, 0.25) is 5.91 Å². The summed E-state index contributed by atoms with van der Waals surface area (Å²) >= 11 is 8.75. The number of aromatic nitrogens is 1. The fourth-order valence-corrected chi connectivity index (χ4v) is 4.86. The minimum absolute atomic E-state index is 0.0800. The number of hydrogen-bond acceptors (Lipinski definition) is 6. The van der Waals surface area contributed by atoms with E-state index >= 15 is 0 Å². The molecule has 3 aromatic carbocycles. The van der Waals surface area contributed by atoms with Crippen molar-refractivity contribution < 1.29 is 13.9 Å². The van der Waals surface area contributed by atoms with Crippen molar-refractivity contribution in [1.29, 1.82) is 0 Å². The Kier molecular flexibility index (Phi) is 7.93. The Bertz CT molecular complexity index is 1260. The average Bonchev–Trinajstić information content (AvgIpc) is 3.23. The molecular weight excluding hydrogens is 481 g/mol. The van der Waals surface area contributed by atoms with Crippen molar-refractivity contribution in [3.05, 3.63) is 83.1 Å². The normalized spacial score (nSPS) is 11.2. The molecule has 0 fully saturated rings. The number of benzene rings is 3. The van der Waals surface area contributed by atoms with Gasteiger partial charge in [0.05, 0.1) is 28.2 Å². The molecule has 5 nitrogen and oxygen atoms in total. The van der Waals surface area contributed by atoms with E-state index in [1.54, 1.807) is 42.6 Å². The van der Waals surface area contributed by atoms with E-state index in [9.17, 15) is 9.18 Å². The number of nitrogens with zero attached hydrogens (tertiary/aromatic N) is 2. The summed E-state index contributed by atoms with van der Waals surface area (Å²) in [5, 5.41) is 3.49. The monoisotopic (exact) mass is 499 g/mol. The molecule has 4 aromatic rings. The molecule has 0 radical (unpaired) electrons. The molecule has 1 heterocycles. The van der Waals surface area contributed by atoms with Crippen LogP contribution < -0.4 is 10.1 Å². The highest BCUT2D eigenvalue weighted by molar-refractivity contribution is 8.01. The van der Waals surface area contributed by atoms with E-state index in [2.05, 4.69) is 15.3 Å². The van der Waals surface area contributed by atoms with Gasteiger partial charge in [-0.05, 0) is 60.2 Å². The number of carbonyl (C=O) groups is 1. The first-order chi connectivity index (χ1) is 16.0. The number of thiazole rings is 1. The molecule has 0 saturated heterocycles. The molecule has 0 bridgehead atoms. The molecule has 1 aromatic heterocycles. The van der Waals surface area contributed by atoms with Crippen LogP contribution in [0.25, 0.3) is 10.2 Å². The Morgan fingerprint density at radius 1 is 1.15 bits per heavy atom. The number of halogens is 2. The van der Waals surface area contributed by atoms with Gasteiger partial charge in [-0.1, -0.05) is 35.5 Å². The second-order valence-corrected chi connectivity index (χ2v) is 9.57. The van der Waals surface area contributed by atoms with Gasteiger partial charge in [-0.25, -0.2) is 9.37 Å².